The molecule has 5 nitrogen and oxygen atoms in total. The molecule has 0 aliphatic carbocycles. The van der Waals surface area contributed by atoms with Crippen molar-refractivity contribution in [3.63, 3.8) is 0 Å². The van der Waals surface area contributed by atoms with Crippen LogP contribution in [0.1, 0.15) is 6.92 Å². The van der Waals surface area contributed by atoms with Crippen LogP contribution in [0.4, 0.5) is 0 Å². The van der Waals surface area contributed by atoms with Crippen molar-refractivity contribution in [2.24, 2.45) is 16.0 Å². The van der Waals surface area contributed by atoms with E-state index < -0.39 is 5.97 Å². The van der Waals surface area contributed by atoms with Crippen LogP contribution < -0.4 is 0 Å². The number of carboxylic acids is 1. The Morgan fingerprint density at radius 2 is 2.50 bits per heavy atom. The number of nitrogens with zero attached hydrogens (tertiary/aromatic N) is 3. The van der Waals surface area contributed by atoms with Crippen LogP contribution in [0, 0.1) is 5.92 Å². The summed E-state index contributed by atoms with van der Waals surface area (Å²) < 4.78 is 1.41. The zero-order chi connectivity index (χ0) is 10.1. The molecule has 0 spiro atoms. The quantitative estimate of drug-likeness (QED) is 0.632. The summed E-state index contributed by atoms with van der Waals surface area (Å²) >= 11 is 0. The van der Waals surface area contributed by atoms with Crippen molar-refractivity contribution in [1.29, 1.82) is 0 Å². The molecular weight excluding hydrogens is 182 g/mol. The van der Waals surface area contributed by atoms with Crippen molar-refractivity contribution >= 4 is 23.7 Å². The van der Waals surface area contributed by atoms with E-state index in [0.717, 1.165) is 5.71 Å². The van der Waals surface area contributed by atoms with Gasteiger partial charge in [0.1, 0.15) is 5.92 Å². The summed E-state index contributed by atoms with van der Waals surface area (Å²) in [6.45, 7) is 1.78. The number of rotatable bonds is 2. The molecule has 5 heteroatoms. The highest BCUT2D eigenvalue weighted by atomic mass is 16.4. The second-order valence-electron chi connectivity index (χ2n) is 3.24. The Kier molecular flexibility index (Phi) is 1.99. The molecular formula is C9H10N3O2+. The van der Waals surface area contributed by atoms with E-state index in [-0.39, 0.29) is 12.5 Å². The molecule has 2 rings (SSSR count). The molecule has 0 saturated heterocycles. The summed E-state index contributed by atoms with van der Waals surface area (Å²) in [5, 5.41) is 12.7. The fourth-order valence-corrected chi connectivity index (χ4v) is 1.40. The molecule has 2 aliphatic rings. The summed E-state index contributed by atoms with van der Waals surface area (Å²) in [4.78, 5) is 14.7. The lowest BCUT2D eigenvalue weighted by atomic mass is 10.1. The van der Waals surface area contributed by atoms with Crippen LogP contribution >= 0.6 is 0 Å². The molecule has 0 aromatic carbocycles. The number of hydrogen-bond donors (Lipinski definition) is 1. The van der Waals surface area contributed by atoms with Crippen molar-refractivity contribution in [2.45, 2.75) is 6.92 Å². The molecule has 0 amide bonds. The van der Waals surface area contributed by atoms with E-state index in [2.05, 4.69) is 10.1 Å². The predicted octanol–water partition coefficient (Wildman–Crippen LogP) is 0.128. The third kappa shape index (κ3) is 1.61. The Balaban J connectivity index is 2.20. The molecule has 0 radical (unpaired) electrons. The smallest absolute Gasteiger partial charge is 0.372 e. The molecule has 0 saturated carbocycles. The number of hydrazone groups is 1. The van der Waals surface area contributed by atoms with Gasteiger partial charge in [0.15, 0.2) is 6.21 Å². The maximum atomic E-state index is 10.4. The van der Waals surface area contributed by atoms with E-state index in [1.165, 1.54) is 4.68 Å². The van der Waals surface area contributed by atoms with Crippen LogP contribution in [0.5, 0.6) is 0 Å². The van der Waals surface area contributed by atoms with Gasteiger partial charge in [-0.15, -0.1) is 0 Å². The van der Waals surface area contributed by atoms with Crippen LogP contribution in [0.2, 0.25) is 0 Å². The zero-order valence-corrected chi connectivity index (χ0v) is 7.71. The van der Waals surface area contributed by atoms with Crippen LogP contribution in [0.25, 0.3) is 0 Å². The summed E-state index contributed by atoms with van der Waals surface area (Å²) in [5.74, 6) is -0.182. The first-order valence-electron chi connectivity index (χ1n) is 4.30. The first-order valence-corrected chi connectivity index (χ1v) is 4.30. The van der Waals surface area contributed by atoms with E-state index in [1.807, 2.05) is 19.1 Å². The molecule has 72 valence electrons. The van der Waals surface area contributed by atoms with Gasteiger partial charge < -0.3 is 5.11 Å². The number of carboxylic acid groups (broad SMARTS) is 1. The molecule has 2 aliphatic heterocycles. The van der Waals surface area contributed by atoms with Gasteiger partial charge in [-0.05, 0) is 13.0 Å². The van der Waals surface area contributed by atoms with Crippen molar-refractivity contribution in [1.82, 2.24) is 0 Å². The first-order chi connectivity index (χ1) is 6.65. The third-order valence-electron chi connectivity index (χ3n) is 1.99. The number of fused-ring (bicyclic) bond motifs is 1. The highest BCUT2D eigenvalue weighted by Crippen LogP contribution is 2.12. The van der Waals surface area contributed by atoms with Gasteiger partial charge in [-0.1, -0.05) is 10.8 Å². The fraction of sp³-hybridized carbons (Fsp3) is 0.333. The summed E-state index contributed by atoms with van der Waals surface area (Å²) in [5.41, 5.74) is 0.894. The van der Waals surface area contributed by atoms with E-state index in [9.17, 15) is 4.79 Å². The lowest BCUT2D eigenvalue weighted by Crippen LogP contribution is -2.15. The average molecular weight is 192 g/mol. The maximum Gasteiger partial charge on any atom is 0.372 e. The largest absolute Gasteiger partial charge is 0.476 e. The lowest BCUT2D eigenvalue weighted by molar-refractivity contribution is -0.516. The van der Waals surface area contributed by atoms with Crippen LogP contribution in [0.3, 0.4) is 0 Å². The number of allylic oxidation sites excluding steroid dienone is 1. The molecule has 1 unspecified atom stereocenters. The number of carbonyl (C=O) groups is 1. The van der Waals surface area contributed by atoms with Gasteiger partial charge in [-0.2, -0.15) is 0 Å². The summed E-state index contributed by atoms with van der Waals surface area (Å²) in [7, 11) is 0. The SMILES string of the molecule is CC1=NC2=N[N+](CC(=O)O)=CC2C=C1. The topological polar surface area (TPSA) is 65.0 Å². The molecule has 0 fully saturated rings. The van der Waals surface area contributed by atoms with Crippen LogP contribution in [-0.2, 0) is 4.79 Å². The Morgan fingerprint density at radius 3 is 3.21 bits per heavy atom. The normalized spacial score (nSPS) is 23.8. The van der Waals surface area contributed by atoms with E-state index in [4.69, 9.17) is 5.11 Å². The third-order valence-corrected chi connectivity index (χ3v) is 1.99. The van der Waals surface area contributed by atoms with Crippen molar-refractivity contribution in [3.8, 4) is 0 Å². The zero-order valence-electron chi connectivity index (χ0n) is 7.71. The minimum absolute atomic E-state index is 0.0399. The number of aliphatic imine (C=N–C) groups is 1. The molecule has 0 bridgehead atoms. The van der Waals surface area contributed by atoms with Gasteiger partial charge in [0.05, 0.1) is 0 Å². The number of hydrogen-bond acceptors (Lipinski definition) is 3. The Labute approximate surface area is 80.8 Å². The van der Waals surface area contributed by atoms with Crippen LogP contribution in [0.15, 0.2) is 22.2 Å². The van der Waals surface area contributed by atoms with Gasteiger partial charge in [0, 0.05) is 10.8 Å². The van der Waals surface area contributed by atoms with Gasteiger partial charge in [-0.25, -0.2) is 9.79 Å². The molecule has 14 heavy (non-hydrogen) atoms. The first kappa shape index (κ1) is 8.80. The summed E-state index contributed by atoms with van der Waals surface area (Å²) in [6.07, 6.45) is 5.63. The second-order valence-corrected chi connectivity index (χ2v) is 3.24. The standard InChI is InChI=1S/C9H9N3O2/c1-6-2-3-7-4-12(5-8(13)14)11-9(7)10-6/h2-4,7H,5H2,1H3/p+1. The summed E-state index contributed by atoms with van der Waals surface area (Å²) in [6, 6.07) is 0. The molecule has 1 atom stereocenters. The molecule has 0 aromatic rings. The second kappa shape index (κ2) is 3.17. The Hall–Kier alpha value is -1.78. The lowest BCUT2D eigenvalue weighted by Gasteiger charge is -2.02. The van der Waals surface area contributed by atoms with E-state index >= 15 is 0 Å². The van der Waals surface area contributed by atoms with Crippen molar-refractivity contribution in [3.05, 3.63) is 12.2 Å². The Morgan fingerprint density at radius 1 is 1.71 bits per heavy atom. The predicted molar refractivity (Wildman–Crippen MR) is 52.0 cm³/mol. The monoisotopic (exact) mass is 192 g/mol. The van der Waals surface area contributed by atoms with Crippen molar-refractivity contribution < 1.29 is 14.6 Å². The molecule has 1 N–H and O–H groups in total. The highest BCUT2D eigenvalue weighted by Gasteiger charge is 2.28. The van der Waals surface area contributed by atoms with Gasteiger partial charge in [0.25, 0.3) is 6.54 Å². The van der Waals surface area contributed by atoms with Gasteiger partial charge in [-0.3, -0.25) is 0 Å². The van der Waals surface area contributed by atoms with Crippen molar-refractivity contribution in [2.75, 3.05) is 6.54 Å². The fourth-order valence-electron chi connectivity index (χ4n) is 1.40. The molecule has 0 aromatic heterocycles. The number of aliphatic carboxylic acids is 1. The maximum absolute atomic E-state index is 10.4. The van der Waals surface area contributed by atoms with Gasteiger partial charge in [0.2, 0.25) is 5.84 Å². The van der Waals surface area contributed by atoms with E-state index in [1.54, 1.807) is 6.21 Å². The number of amidine groups is 1. The minimum Gasteiger partial charge on any atom is -0.476 e. The number of dihydropyridines is 1. The molecule has 2 heterocycles. The minimum atomic E-state index is -0.895. The van der Waals surface area contributed by atoms with Crippen LogP contribution in [-0.4, -0.2) is 40.1 Å². The highest BCUT2D eigenvalue weighted by molar-refractivity contribution is 6.11. The van der Waals surface area contributed by atoms with Gasteiger partial charge >= 0.3 is 5.97 Å². The Bertz CT molecular complexity index is 404. The van der Waals surface area contributed by atoms with E-state index in [0.29, 0.717) is 5.84 Å². The average Bonchev–Trinajstić information content (AvgIpc) is 2.44.